The Hall–Kier alpha value is -2.36. The molecule has 1 aromatic carbocycles. The smallest absolute Gasteiger partial charge is 0.336 e. The third kappa shape index (κ3) is 2.73. The minimum atomic E-state index is -1.33. The molecule has 1 aromatic rings. The highest BCUT2D eigenvalue weighted by molar-refractivity contribution is 5.93. The minimum absolute atomic E-state index is 0.00593. The van der Waals surface area contributed by atoms with Crippen LogP contribution in [0.2, 0.25) is 0 Å². The highest BCUT2D eigenvalue weighted by Gasteiger charge is 2.40. The molecule has 2 N–H and O–H groups in total. The Labute approximate surface area is 111 Å². The molecule has 0 aliphatic carbocycles. The first-order valence-electron chi connectivity index (χ1n) is 5.77. The summed E-state index contributed by atoms with van der Waals surface area (Å²) in [5, 5.41) is 18.8. The largest absolute Gasteiger partial charge is 0.481 e. The van der Waals surface area contributed by atoms with Gasteiger partial charge in [-0.3, -0.25) is 4.79 Å². The summed E-state index contributed by atoms with van der Waals surface area (Å²) in [6, 6.07) is 6.14. The van der Waals surface area contributed by atoms with Gasteiger partial charge >= 0.3 is 11.9 Å². The predicted octanol–water partition coefficient (Wildman–Crippen LogP) is 2.86. The number of aliphatic carboxylic acids is 1. The highest BCUT2D eigenvalue weighted by Crippen LogP contribution is 2.35. The summed E-state index contributed by atoms with van der Waals surface area (Å²) in [7, 11) is 0. The molecule has 0 amide bonds. The third-order valence-electron chi connectivity index (χ3n) is 3.07. The molecule has 4 nitrogen and oxygen atoms in total. The summed E-state index contributed by atoms with van der Waals surface area (Å²) >= 11 is 0. The second kappa shape index (κ2) is 6.00. The number of aromatic carboxylic acids is 1. The zero-order valence-electron chi connectivity index (χ0n) is 10.5. The van der Waals surface area contributed by atoms with E-state index in [-0.39, 0.29) is 24.0 Å². The Morgan fingerprint density at radius 2 is 1.63 bits per heavy atom. The van der Waals surface area contributed by atoms with E-state index in [1.165, 1.54) is 24.3 Å². The number of carbonyl (C=O) groups is 2. The monoisotopic (exact) mass is 260 g/mol. The van der Waals surface area contributed by atoms with Gasteiger partial charge in [0.15, 0.2) is 0 Å². The van der Waals surface area contributed by atoms with Gasteiger partial charge in [0.2, 0.25) is 0 Å². The van der Waals surface area contributed by atoms with Crippen molar-refractivity contribution in [1.82, 2.24) is 0 Å². The van der Waals surface area contributed by atoms with Gasteiger partial charge in [-0.25, -0.2) is 4.79 Å². The number of hydrogen-bond acceptors (Lipinski definition) is 2. The maximum absolute atomic E-state index is 11.7. The van der Waals surface area contributed by atoms with Crippen molar-refractivity contribution in [2.45, 2.75) is 18.3 Å². The predicted molar refractivity (Wildman–Crippen MR) is 72.3 cm³/mol. The van der Waals surface area contributed by atoms with Gasteiger partial charge in [0.25, 0.3) is 0 Å². The summed E-state index contributed by atoms with van der Waals surface area (Å²) in [6.45, 7) is 7.13. The van der Waals surface area contributed by atoms with E-state index in [1.54, 1.807) is 12.1 Å². The van der Waals surface area contributed by atoms with E-state index in [0.717, 1.165) is 0 Å². The van der Waals surface area contributed by atoms with Crippen molar-refractivity contribution in [2.75, 3.05) is 0 Å². The van der Waals surface area contributed by atoms with Crippen LogP contribution in [-0.2, 0) is 10.2 Å². The van der Waals surface area contributed by atoms with E-state index in [1.807, 2.05) is 0 Å². The highest BCUT2D eigenvalue weighted by atomic mass is 16.4. The van der Waals surface area contributed by atoms with Crippen LogP contribution in [0.4, 0.5) is 0 Å². The van der Waals surface area contributed by atoms with Crippen molar-refractivity contribution in [3.8, 4) is 0 Å². The SMILES string of the molecule is C=CCC(CC=C)(C(=O)O)c1ccccc1C(=O)O. The Morgan fingerprint density at radius 1 is 1.11 bits per heavy atom. The molecule has 0 unspecified atom stereocenters. The molecule has 0 aliphatic heterocycles. The molecule has 0 atom stereocenters. The molecule has 4 heteroatoms. The minimum Gasteiger partial charge on any atom is -0.481 e. The van der Waals surface area contributed by atoms with Crippen LogP contribution in [0.5, 0.6) is 0 Å². The van der Waals surface area contributed by atoms with Crippen LogP contribution < -0.4 is 0 Å². The van der Waals surface area contributed by atoms with Crippen LogP contribution in [-0.4, -0.2) is 22.2 Å². The van der Waals surface area contributed by atoms with Gasteiger partial charge in [-0.1, -0.05) is 30.4 Å². The molecule has 0 fully saturated rings. The molecule has 0 aromatic heterocycles. The number of carboxylic acid groups (broad SMARTS) is 2. The molecule has 0 saturated heterocycles. The van der Waals surface area contributed by atoms with Gasteiger partial charge in [-0.2, -0.15) is 0 Å². The Morgan fingerprint density at radius 3 is 2.05 bits per heavy atom. The molecule has 100 valence electrons. The molecular formula is C15H16O4. The van der Waals surface area contributed by atoms with Gasteiger partial charge < -0.3 is 10.2 Å². The number of benzene rings is 1. The van der Waals surface area contributed by atoms with E-state index >= 15 is 0 Å². The van der Waals surface area contributed by atoms with Crippen LogP contribution in [0.3, 0.4) is 0 Å². The normalized spacial score (nSPS) is 10.7. The Bertz CT molecular complexity index is 507. The molecule has 19 heavy (non-hydrogen) atoms. The topological polar surface area (TPSA) is 74.6 Å². The Balaban J connectivity index is 3.55. The lowest BCUT2D eigenvalue weighted by atomic mass is 9.73. The third-order valence-corrected chi connectivity index (χ3v) is 3.07. The van der Waals surface area contributed by atoms with Gasteiger partial charge in [-0.05, 0) is 24.5 Å². The van der Waals surface area contributed by atoms with Crippen molar-refractivity contribution >= 4 is 11.9 Å². The van der Waals surface area contributed by atoms with Crippen molar-refractivity contribution in [2.24, 2.45) is 0 Å². The van der Waals surface area contributed by atoms with Crippen molar-refractivity contribution < 1.29 is 19.8 Å². The van der Waals surface area contributed by atoms with Crippen molar-refractivity contribution in [1.29, 1.82) is 0 Å². The zero-order chi connectivity index (χ0) is 14.5. The first kappa shape index (κ1) is 14.7. The van der Waals surface area contributed by atoms with Gasteiger partial charge in [-0.15, -0.1) is 13.2 Å². The fourth-order valence-electron chi connectivity index (χ4n) is 2.17. The lowest BCUT2D eigenvalue weighted by Crippen LogP contribution is -2.36. The second-order valence-corrected chi connectivity index (χ2v) is 4.22. The number of allylic oxidation sites excluding steroid dienone is 2. The quantitative estimate of drug-likeness (QED) is 0.739. The summed E-state index contributed by atoms with van der Waals surface area (Å²) in [6.07, 6.45) is 3.24. The molecule has 0 bridgehead atoms. The molecule has 0 saturated carbocycles. The number of rotatable bonds is 7. The summed E-state index contributed by atoms with van der Waals surface area (Å²) in [5.41, 5.74) is -1.07. The summed E-state index contributed by atoms with van der Waals surface area (Å²) in [5.74, 6) is -2.23. The molecule has 0 aliphatic rings. The molecule has 1 rings (SSSR count). The lowest BCUT2D eigenvalue weighted by Gasteiger charge is -2.29. The molecule has 0 spiro atoms. The van der Waals surface area contributed by atoms with Crippen LogP contribution >= 0.6 is 0 Å². The lowest BCUT2D eigenvalue weighted by molar-refractivity contribution is -0.143. The van der Waals surface area contributed by atoms with Gasteiger partial charge in [0.1, 0.15) is 5.41 Å². The van der Waals surface area contributed by atoms with E-state index in [9.17, 15) is 19.8 Å². The maximum atomic E-state index is 11.7. The maximum Gasteiger partial charge on any atom is 0.336 e. The van der Waals surface area contributed by atoms with Crippen LogP contribution in [0.1, 0.15) is 28.8 Å². The van der Waals surface area contributed by atoms with E-state index in [4.69, 9.17) is 0 Å². The molecule has 0 heterocycles. The van der Waals surface area contributed by atoms with Crippen molar-refractivity contribution in [3.05, 3.63) is 60.7 Å². The summed E-state index contributed by atoms with van der Waals surface area (Å²) < 4.78 is 0. The first-order valence-corrected chi connectivity index (χ1v) is 5.77. The van der Waals surface area contributed by atoms with Crippen LogP contribution in [0.15, 0.2) is 49.6 Å². The summed E-state index contributed by atoms with van der Waals surface area (Å²) in [4.78, 5) is 22.9. The molecule has 0 radical (unpaired) electrons. The van der Waals surface area contributed by atoms with Crippen molar-refractivity contribution in [3.63, 3.8) is 0 Å². The fraction of sp³-hybridized carbons (Fsp3) is 0.200. The Kier molecular flexibility index (Phi) is 4.64. The van der Waals surface area contributed by atoms with E-state index < -0.39 is 17.4 Å². The van der Waals surface area contributed by atoms with E-state index in [2.05, 4.69) is 13.2 Å². The second-order valence-electron chi connectivity index (χ2n) is 4.22. The van der Waals surface area contributed by atoms with E-state index in [0.29, 0.717) is 0 Å². The average molecular weight is 260 g/mol. The number of carboxylic acids is 2. The molecular weight excluding hydrogens is 244 g/mol. The van der Waals surface area contributed by atoms with Gasteiger partial charge in [0.05, 0.1) is 5.56 Å². The van der Waals surface area contributed by atoms with Crippen LogP contribution in [0.25, 0.3) is 0 Å². The fourth-order valence-corrected chi connectivity index (χ4v) is 2.17. The van der Waals surface area contributed by atoms with Crippen LogP contribution in [0, 0.1) is 0 Å². The first-order chi connectivity index (χ1) is 8.99. The number of hydrogen-bond donors (Lipinski definition) is 2. The standard InChI is InChI=1S/C15H16O4/c1-3-9-15(10-4-2,14(18)19)12-8-6-5-7-11(12)13(16)17/h3-8H,1-2,9-10H2,(H,16,17)(H,18,19). The van der Waals surface area contributed by atoms with Gasteiger partial charge in [0, 0.05) is 0 Å². The zero-order valence-corrected chi connectivity index (χ0v) is 10.5. The average Bonchev–Trinajstić information content (AvgIpc) is 2.38.